The molecule has 0 bridgehead atoms. The Labute approximate surface area is 101 Å². The molecule has 5 heteroatoms. The first kappa shape index (κ1) is 13.4. The van der Waals surface area contributed by atoms with Gasteiger partial charge in [-0.25, -0.2) is 0 Å². The number of hydrogen-bond donors (Lipinski definition) is 2. The fourth-order valence-corrected chi connectivity index (χ4v) is 1.46. The molecule has 0 saturated carbocycles. The van der Waals surface area contributed by atoms with Crippen molar-refractivity contribution < 1.29 is 4.92 Å². The van der Waals surface area contributed by atoms with Gasteiger partial charge in [0.15, 0.2) is 0 Å². The zero-order valence-corrected chi connectivity index (χ0v) is 10.5. The number of nitro benzene ring substituents is 1. The summed E-state index contributed by atoms with van der Waals surface area (Å²) in [5, 5.41) is 13.9. The summed E-state index contributed by atoms with van der Waals surface area (Å²) in [6.07, 6.45) is 0.748. The topological polar surface area (TPSA) is 81.2 Å². The van der Waals surface area contributed by atoms with E-state index in [1.165, 1.54) is 0 Å². The van der Waals surface area contributed by atoms with Crippen molar-refractivity contribution in [3.8, 4) is 0 Å². The average Bonchev–Trinajstić information content (AvgIpc) is 2.18. The lowest BCUT2D eigenvalue weighted by atomic mass is 10.0. The number of nitro groups is 1. The number of hydrogen-bond acceptors (Lipinski definition) is 4. The van der Waals surface area contributed by atoms with Crippen LogP contribution in [0.5, 0.6) is 0 Å². The fourth-order valence-electron chi connectivity index (χ4n) is 1.46. The standard InChI is InChI=1S/C12H19N3O2/c1-9-4-5-10(11(8-9)15(16)17)14-7-6-12(2,3)13/h4-5,8,14H,6-7,13H2,1-3H3. The Morgan fingerprint density at radius 2 is 2.12 bits per heavy atom. The van der Waals surface area contributed by atoms with Gasteiger partial charge in [0.25, 0.3) is 5.69 Å². The molecule has 0 atom stereocenters. The van der Waals surface area contributed by atoms with E-state index in [2.05, 4.69) is 5.32 Å². The first-order chi connectivity index (χ1) is 7.79. The Morgan fingerprint density at radius 3 is 2.65 bits per heavy atom. The molecule has 0 saturated heterocycles. The molecule has 0 aromatic heterocycles. The van der Waals surface area contributed by atoms with Crippen LogP contribution in [0.15, 0.2) is 18.2 Å². The second-order valence-electron chi connectivity index (χ2n) is 4.94. The monoisotopic (exact) mass is 237 g/mol. The summed E-state index contributed by atoms with van der Waals surface area (Å²) in [6.45, 7) is 6.31. The van der Waals surface area contributed by atoms with Gasteiger partial charge in [0.2, 0.25) is 0 Å². The number of nitrogens with two attached hydrogens (primary N) is 1. The molecule has 1 aromatic carbocycles. The number of anilines is 1. The van der Waals surface area contributed by atoms with Crippen LogP contribution in [0.2, 0.25) is 0 Å². The maximum Gasteiger partial charge on any atom is 0.292 e. The molecule has 0 aliphatic rings. The summed E-state index contributed by atoms with van der Waals surface area (Å²) in [6, 6.07) is 5.15. The van der Waals surface area contributed by atoms with Crippen LogP contribution >= 0.6 is 0 Å². The van der Waals surface area contributed by atoms with Crippen molar-refractivity contribution in [3.63, 3.8) is 0 Å². The van der Waals surface area contributed by atoms with E-state index in [1.807, 2.05) is 26.8 Å². The van der Waals surface area contributed by atoms with Crippen LogP contribution in [-0.2, 0) is 0 Å². The summed E-state index contributed by atoms with van der Waals surface area (Å²) < 4.78 is 0. The van der Waals surface area contributed by atoms with Crippen molar-refractivity contribution >= 4 is 11.4 Å². The number of rotatable bonds is 5. The first-order valence-corrected chi connectivity index (χ1v) is 5.57. The third-order valence-electron chi connectivity index (χ3n) is 2.43. The minimum absolute atomic E-state index is 0.111. The van der Waals surface area contributed by atoms with Gasteiger partial charge in [0.05, 0.1) is 4.92 Å². The maximum atomic E-state index is 10.9. The van der Waals surface area contributed by atoms with Crippen LogP contribution < -0.4 is 11.1 Å². The third kappa shape index (κ3) is 4.40. The molecule has 17 heavy (non-hydrogen) atoms. The molecule has 0 aliphatic heterocycles. The van der Waals surface area contributed by atoms with Crippen LogP contribution in [-0.4, -0.2) is 17.0 Å². The summed E-state index contributed by atoms with van der Waals surface area (Å²) in [4.78, 5) is 10.5. The highest BCUT2D eigenvalue weighted by molar-refractivity contribution is 5.62. The number of benzene rings is 1. The summed E-state index contributed by atoms with van der Waals surface area (Å²) in [5.41, 5.74) is 7.11. The first-order valence-electron chi connectivity index (χ1n) is 5.57. The van der Waals surface area contributed by atoms with Crippen molar-refractivity contribution in [3.05, 3.63) is 33.9 Å². The number of nitrogens with zero attached hydrogens (tertiary/aromatic N) is 1. The molecular formula is C12H19N3O2. The molecule has 1 aromatic rings. The van der Waals surface area contributed by atoms with Crippen LogP contribution in [0.3, 0.4) is 0 Å². The molecule has 0 radical (unpaired) electrons. The maximum absolute atomic E-state index is 10.9. The molecular weight excluding hydrogens is 218 g/mol. The van der Waals surface area contributed by atoms with Gasteiger partial charge in [-0.3, -0.25) is 10.1 Å². The van der Waals surface area contributed by atoms with Gasteiger partial charge in [-0.05, 0) is 38.8 Å². The van der Waals surface area contributed by atoms with Gasteiger partial charge in [0.1, 0.15) is 5.69 Å². The van der Waals surface area contributed by atoms with Gasteiger partial charge >= 0.3 is 0 Å². The van der Waals surface area contributed by atoms with E-state index in [0.717, 1.165) is 12.0 Å². The van der Waals surface area contributed by atoms with Crippen molar-refractivity contribution in [1.82, 2.24) is 0 Å². The van der Waals surface area contributed by atoms with Crippen molar-refractivity contribution in [2.45, 2.75) is 32.7 Å². The molecule has 0 heterocycles. The lowest BCUT2D eigenvalue weighted by Crippen LogP contribution is -2.34. The normalized spacial score (nSPS) is 11.3. The second-order valence-corrected chi connectivity index (χ2v) is 4.94. The molecule has 0 spiro atoms. The quantitative estimate of drug-likeness (QED) is 0.608. The van der Waals surface area contributed by atoms with E-state index in [-0.39, 0.29) is 16.1 Å². The summed E-state index contributed by atoms with van der Waals surface area (Å²) >= 11 is 0. The Hall–Kier alpha value is -1.62. The highest BCUT2D eigenvalue weighted by Gasteiger charge is 2.15. The summed E-state index contributed by atoms with van der Waals surface area (Å²) in [5.74, 6) is 0. The van der Waals surface area contributed by atoms with Gasteiger partial charge in [-0.1, -0.05) is 6.07 Å². The fraction of sp³-hybridized carbons (Fsp3) is 0.500. The van der Waals surface area contributed by atoms with E-state index in [0.29, 0.717) is 12.2 Å². The predicted molar refractivity (Wildman–Crippen MR) is 69.2 cm³/mol. The Balaban J connectivity index is 2.74. The highest BCUT2D eigenvalue weighted by Crippen LogP contribution is 2.25. The van der Waals surface area contributed by atoms with E-state index in [4.69, 9.17) is 5.73 Å². The highest BCUT2D eigenvalue weighted by atomic mass is 16.6. The number of aryl methyl sites for hydroxylation is 1. The molecule has 0 aliphatic carbocycles. The lowest BCUT2D eigenvalue weighted by molar-refractivity contribution is -0.384. The van der Waals surface area contributed by atoms with Crippen LogP contribution in [0, 0.1) is 17.0 Å². The molecule has 94 valence electrons. The van der Waals surface area contributed by atoms with Crippen LogP contribution in [0.1, 0.15) is 25.8 Å². The van der Waals surface area contributed by atoms with Crippen molar-refractivity contribution in [2.24, 2.45) is 5.73 Å². The summed E-state index contributed by atoms with van der Waals surface area (Å²) in [7, 11) is 0. The van der Waals surface area contributed by atoms with E-state index < -0.39 is 0 Å². The average molecular weight is 237 g/mol. The SMILES string of the molecule is Cc1ccc(NCCC(C)(C)N)c([N+](=O)[O-])c1. The lowest BCUT2D eigenvalue weighted by Gasteiger charge is -2.18. The number of nitrogens with one attached hydrogen (secondary N) is 1. The molecule has 0 unspecified atom stereocenters. The Kier molecular flexibility index (Phi) is 4.07. The van der Waals surface area contributed by atoms with Crippen molar-refractivity contribution in [2.75, 3.05) is 11.9 Å². The van der Waals surface area contributed by atoms with Gasteiger partial charge in [-0.2, -0.15) is 0 Å². The largest absolute Gasteiger partial charge is 0.379 e. The Bertz CT molecular complexity index is 411. The van der Waals surface area contributed by atoms with Gasteiger partial charge in [-0.15, -0.1) is 0 Å². The zero-order valence-electron chi connectivity index (χ0n) is 10.5. The van der Waals surface area contributed by atoms with Crippen molar-refractivity contribution in [1.29, 1.82) is 0 Å². The molecule has 3 N–H and O–H groups in total. The van der Waals surface area contributed by atoms with E-state index in [1.54, 1.807) is 12.1 Å². The van der Waals surface area contributed by atoms with E-state index >= 15 is 0 Å². The predicted octanol–water partition coefficient (Wildman–Crippen LogP) is 2.44. The molecule has 5 nitrogen and oxygen atoms in total. The van der Waals surface area contributed by atoms with Gasteiger partial charge < -0.3 is 11.1 Å². The van der Waals surface area contributed by atoms with Crippen LogP contribution in [0.25, 0.3) is 0 Å². The molecule has 1 rings (SSSR count). The third-order valence-corrected chi connectivity index (χ3v) is 2.43. The second kappa shape index (κ2) is 5.14. The zero-order chi connectivity index (χ0) is 13.1. The minimum Gasteiger partial charge on any atom is -0.379 e. The Morgan fingerprint density at radius 1 is 1.47 bits per heavy atom. The van der Waals surface area contributed by atoms with Crippen LogP contribution in [0.4, 0.5) is 11.4 Å². The van der Waals surface area contributed by atoms with Gasteiger partial charge in [0, 0.05) is 18.2 Å². The molecule has 0 fully saturated rings. The molecule has 0 amide bonds. The smallest absolute Gasteiger partial charge is 0.292 e. The minimum atomic E-state index is -0.372. The van der Waals surface area contributed by atoms with E-state index in [9.17, 15) is 10.1 Å².